The average Bonchev–Trinajstić information content (AvgIpc) is 2.90. The maximum Gasteiger partial charge on any atom is 0.0828 e. The third kappa shape index (κ3) is 2.43. The van der Waals surface area contributed by atoms with Crippen molar-refractivity contribution in [3.05, 3.63) is 35.4 Å². The van der Waals surface area contributed by atoms with Crippen LogP contribution in [0.1, 0.15) is 56.1 Å². The van der Waals surface area contributed by atoms with Gasteiger partial charge < -0.3 is 10.4 Å². The molecule has 0 radical (unpaired) electrons. The van der Waals surface area contributed by atoms with Crippen molar-refractivity contribution in [1.82, 2.24) is 5.32 Å². The van der Waals surface area contributed by atoms with E-state index in [-0.39, 0.29) is 0 Å². The Morgan fingerprint density at radius 1 is 0.952 bits per heavy atom. The van der Waals surface area contributed by atoms with E-state index in [0.29, 0.717) is 18.0 Å². The van der Waals surface area contributed by atoms with Gasteiger partial charge in [0.05, 0.1) is 5.60 Å². The molecule has 21 heavy (non-hydrogen) atoms. The highest BCUT2D eigenvalue weighted by Gasteiger charge is 2.47. The van der Waals surface area contributed by atoms with Crippen LogP contribution in [-0.2, 0) is 12.8 Å². The second-order valence-electron chi connectivity index (χ2n) is 7.46. The lowest BCUT2D eigenvalue weighted by atomic mass is 9.64. The highest BCUT2D eigenvalue weighted by Crippen LogP contribution is 2.44. The monoisotopic (exact) mass is 285 g/mol. The number of rotatable bonds is 2. The summed E-state index contributed by atoms with van der Waals surface area (Å²) in [5, 5.41) is 15.1. The Hall–Kier alpha value is -0.860. The summed E-state index contributed by atoms with van der Waals surface area (Å²) in [6.45, 7) is 0. The van der Waals surface area contributed by atoms with Crippen LogP contribution in [0.4, 0.5) is 0 Å². The summed E-state index contributed by atoms with van der Waals surface area (Å²) < 4.78 is 0. The van der Waals surface area contributed by atoms with Crippen LogP contribution >= 0.6 is 0 Å². The van der Waals surface area contributed by atoms with Crippen molar-refractivity contribution in [2.24, 2.45) is 5.92 Å². The van der Waals surface area contributed by atoms with Crippen molar-refractivity contribution in [1.29, 1.82) is 0 Å². The molecule has 0 amide bonds. The van der Waals surface area contributed by atoms with Crippen LogP contribution in [-0.4, -0.2) is 22.8 Å². The highest BCUT2D eigenvalue weighted by atomic mass is 16.3. The fraction of sp³-hybridized carbons (Fsp3) is 0.684. The van der Waals surface area contributed by atoms with E-state index in [1.54, 1.807) is 0 Å². The Balaban J connectivity index is 1.47. The molecule has 2 fully saturated rings. The van der Waals surface area contributed by atoms with Gasteiger partial charge in [0.25, 0.3) is 0 Å². The van der Waals surface area contributed by atoms with Crippen LogP contribution in [0.5, 0.6) is 0 Å². The lowest BCUT2D eigenvalue weighted by molar-refractivity contribution is -0.101. The van der Waals surface area contributed by atoms with E-state index in [1.165, 1.54) is 43.2 Å². The van der Waals surface area contributed by atoms with Gasteiger partial charge in [-0.2, -0.15) is 0 Å². The van der Waals surface area contributed by atoms with Gasteiger partial charge in [0.1, 0.15) is 0 Å². The van der Waals surface area contributed by atoms with Gasteiger partial charge in [-0.05, 0) is 55.6 Å². The second kappa shape index (κ2) is 5.40. The molecule has 114 valence electrons. The Morgan fingerprint density at radius 2 is 1.67 bits per heavy atom. The van der Waals surface area contributed by atoms with Gasteiger partial charge in [-0.25, -0.2) is 0 Å². The van der Waals surface area contributed by atoms with Crippen molar-refractivity contribution < 1.29 is 5.11 Å². The van der Waals surface area contributed by atoms with Gasteiger partial charge >= 0.3 is 0 Å². The molecule has 2 N–H and O–H groups in total. The lowest BCUT2D eigenvalue weighted by Crippen LogP contribution is -2.60. The summed E-state index contributed by atoms with van der Waals surface area (Å²) in [7, 11) is 0. The number of benzene rings is 1. The van der Waals surface area contributed by atoms with Gasteiger partial charge in [0.2, 0.25) is 0 Å². The predicted molar refractivity (Wildman–Crippen MR) is 85.3 cm³/mol. The molecular weight excluding hydrogens is 258 g/mol. The smallest absolute Gasteiger partial charge is 0.0828 e. The van der Waals surface area contributed by atoms with E-state index in [4.69, 9.17) is 0 Å². The molecule has 2 heteroatoms. The first-order valence-electron chi connectivity index (χ1n) is 8.81. The quantitative estimate of drug-likeness (QED) is 0.874. The minimum absolute atomic E-state index is 0.316. The first-order valence-corrected chi connectivity index (χ1v) is 8.81. The Bertz CT molecular complexity index is 487. The molecule has 0 aromatic heterocycles. The zero-order valence-electron chi connectivity index (χ0n) is 12.9. The maximum atomic E-state index is 11.3. The van der Waals surface area contributed by atoms with Gasteiger partial charge in [-0.3, -0.25) is 0 Å². The molecule has 2 nitrogen and oxygen atoms in total. The molecule has 2 saturated carbocycles. The molecule has 3 aliphatic rings. The minimum Gasteiger partial charge on any atom is -0.388 e. The summed E-state index contributed by atoms with van der Waals surface area (Å²) in [6.07, 6.45) is 10.7. The van der Waals surface area contributed by atoms with Crippen molar-refractivity contribution in [2.45, 2.75) is 75.5 Å². The number of fused-ring (bicyclic) bond motifs is 2. The van der Waals surface area contributed by atoms with E-state index in [2.05, 4.69) is 29.6 Å². The normalized spacial score (nSPS) is 36.2. The minimum atomic E-state index is -0.425. The van der Waals surface area contributed by atoms with Crippen molar-refractivity contribution in [3.8, 4) is 0 Å². The van der Waals surface area contributed by atoms with Crippen LogP contribution in [0.15, 0.2) is 24.3 Å². The summed E-state index contributed by atoms with van der Waals surface area (Å²) in [5.41, 5.74) is 2.57. The number of hydrogen-bond donors (Lipinski definition) is 2. The fourth-order valence-electron chi connectivity index (χ4n) is 5.11. The van der Waals surface area contributed by atoms with Crippen molar-refractivity contribution in [3.63, 3.8) is 0 Å². The van der Waals surface area contributed by atoms with Crippen LogP contribution in [0.25, 0.3) is 0 Å². The standard InChI is InChI=1S/C19H27NO/c21-19-11-4-3-8-16(19)9-5-10-18(19)20-17-12-14-6-1-2-7-15(14)13-17/h1-2,6-7,16-18,20-21H,3-5,8-13H2/t16-,18?,19-/m1/s1. The fourth-order valence-corrected chi connectivity index (χ4v) is 5.11. The molecule has 3 atom stereocenters. The predicted octanol–water partition coefficient (Wildman–Crippen LogP) is 3.22. The van der Waals surface area contributed by atoms with E-state index < -0.39 is 5.60 Å². The molecule has 0 spiro atoms. The van der Waals surface area contributed by atoms with Crippen molar-refractivity contribution >= 4 is 0 Å². The van der Waals surface area contributed by atoms with Gasteiger partial charge in [0.15, 0.2) is 0 Å². The molecular formula is C19H27NO. The van der Waals surface area contributed by atoms with Crippen LogP contribution in [0.3, 0.4) is 0 Å². The zero-order chi connectivity index (χ0) is 14.3. The molecule has 4 rings (SSSR count). The Kier molecular flexibility index (Phi) is 3.55. The summed E-state index contributed by atoms with van der Waals surface area (Å²) in [6, 6.07) is 9.65. The molecule has 1 unspecified atom stereocenters. The number of nitrogens with one attached hydrogen (secondary N) is 1. The summed E-state index contributed by atoms with van der Waals surface area (Å²) >= 11 is 0. The Morgan fingerprint density at radius 3 is 2.43 bits per heavy atom. The van der Waals surface area contributed by atoms with Crippen LogP contribution < -0.4 is 5.32 Å². The molecule has 0 aliphatic heterocycles. The van der Waals surface area contributed by atoms with Gasteiger partial charge in [-0.1, -0.05) is 43.5 Å². The molecule has 0 bridgehead atoms. The molecule has 1 aromatic rings. The van der Waals surface area contributed by atoms with Gasteiger partial charge in [0, 0.05) is 12.1 Å². The lowest BCUT2D eigenvalue weighted by Gasteiger charge is -2.50. The highest BCUT2D eigenvalue weighted by molar-refractivity contribution is 5.33. The third-order valence-corrected chi connectivity index (χ3v) is 6.22. The van der Waals surface area contributed by atoms with Crippen molar-refractivity contribution in [2.75, 3.05) is 0 Å². The summed E-state index contributed by atoms with van der Waals surface area (Å²) in [5.74, 6) is 0.543. The largest absolute Gasteiger partial charge is 0.388 e. The summed E-state index contributed by atoms with van der Waals surface area (Å²) in [4.78, 5) is 0. The number of aliphatic hydroxyl groups is 1. The zero-order valence-corrected chi connectivity index (χ0v) is 12.9. The van der Waals surface area contributed by atoms with E-state index in [9.17, 15) is 5.11 Å². The first-order chi connectivity index (χ1) is 10.3. The van der Waals surface area contributed by atoms with E-state index in [0.717, 1.165) is 25.7 Å². The van der Waals surface area contributed by atoms with E-state index >= 15 is 0 Å². The molecule has 0 saturated heterocycles. The molecule has 3 aliphatic carbocycles. The van der Waals surface area contributed by atoms with Crippen LogP contribution in [0, 0.1) is 5.92 Å². The SMILES string of the molecule is O[C@]12CCCC[C@@H]1CCCC2NC1Cc2ccccc2C1. The first kappa shape index (κ1) is 13.8. The van der Waals surface area contributed by atoms with E-state index in [1.807, 2.05) is 0 Å². The third-order valence-electron chi connectivity index (χ3n) is 6.22. The average molecular weight is 285 g/mol. The second-order valence-corrected chi connectivity index (χ2v) is 7.46. The topological polar surface area (TPSA) is 32.3 Å². The molecule has 1 aromatic carbocycles. The maximum absolute atomic E-state index is 11.3. The van der Waals surface area contributed by atoms with Gasteiger partial charge in [-0.15, -0.1) is 0 Å². The Labute approximate surface area is 128 Å². The van der Waals surface area contributed by atoms with Crippen LogP contribution in [0.2, 0.25) is 0 Å². The number of hydrogen-bond acceptors (Lipinski definition) is 2. The molecule has 0 heterocycles.